The molecule has 0 radical (unpaired) electrons. The topological polar surface area (TPSA) is 87.0 Å². The lowest BCUT2D eigenvalue weighted by Gasteiger charge is -2.16. The van der Waals surface area contributed by atoms with Crippen LogP contribution in [0.25, 0.3) is 0 Å². The summed E-state index contributed by atoms with van der Waals surface area (Å²) in [5.41, 5.74) is 0. The summed E-state index contributed by atoms with van der Waals surface area (Å²) in [5.74, 6) is -0.644. The molecule has 0 spiro atoms. The molecule has 0 bridgehead atoms. The molecule has 0 aromatic heterocycles. The summed E-state index contributed by atoms with van der Waals surface area (Å²) in [4.78, 5) is 10.7. The van der Waals surface area contributed by atoms with E-state index in [2.05, 4.69) is 4.74 Å². The average Bonchev–Trinajstić information content (AvgIpc) is 2.05. The van der Waals surface area contributed by atoms with E-state index in [1.807, 2.05) is 0 Å². The van der Waals surface area contributed by atoms with Crippen molar-refractivity contribution in [3.8, 4) is 0 Å². The molecule has 0 aromatic carbocycles. The van der Waals surface area contributed by atoms with E-state index in [0.717, 1.165) is 0 Å². The molecule has 5 heteroatoms. The molecule has 0 aliphatic rings. The first-order valence-electron chi connectivity index (χ1n) is 3.12. The Labute approximate surface area is 64.2 Å². The van der Waals surface area contributed by atoms with Crippen LogP contribution in [-0.2, 0) is 9.53 Å². The van der Waals surface area contributed by atoms with Crippen molar-refractivity contribution in [2.24, 2.45) is 0 Å². The van der Waals surface area contributed by atoms with Gasteiger partial charge >= 0.3 is 0 Å². The van der Waals surface area contributed by atoms with E-state index in [-0.39, 0.29) is 0 Å². The fourth-order valence-electron chi connectivity index (χ4n) is 0.689. The molecular weight excluding hydrogens is 152 g/mol. The smallest absolute Gasteiger partial charge is 0.189 e. The second-order valence-corrected chi connectivity index (χ2v) is 2.03. The van der Waals surface area contributed by atoms with E-state index >= 15 is 0 Å². The van der Waals surface area contributed by atoms with Gasteiger partial charge in [-0.25, -0.2) is 0 Å². The van der Waals surface area contributed by atoms with Gasteiger partial charge in [-0.15, -0.1) is 0 Å². The first-order chi connectivity index (χ1) is 5.17. The molecule has 0 heterocycles. The lowest BCUT2D eigenvalue weighted by Crippen LogP contribution is -2.39. The number of carbonyl (C=O) groups excluding carboxylic acids is 1. The number of methoxy groups -OCH3 is 1. The highest BCUT2D eigenvalue weighted by molar-refractivity contribution is 5.84. The molecule has 0 saturated heterocycles. The zero-order valence-corrected chi connectivity index (χ0v) is 6.23. The molecular formula is C6H12O5. The van der Waals surface area contributed by atoms with E-state index in [4.69, 9.17) is 15.3 Å². The summed E-state index contributed by atoms with van der Waals surface area (Å²) in [6, 6.07) is 0. The summed E-state index contributed by atoms with van der Waals surface area (Å²) in [5, 5.41) is 25.7. The van der Waals surface area contributed by atoms with Gasteiger partial charge in [0, 0.05) is 7.11 Å². The Kier molecular flexibility index (Phi) is 4.97. The maximum absolute atomic E-state index is 10.7. The van der Waals surface area contributed by atoms with Crippen molar-refractivity contribution >= 4 is 5.78 Å². The molecule has 3 N–H and O–H groups in total. The van der Waals surface area contributed by atoms with Gasteiger partial charge in [-0.1, -0.05) is 0 Å². The Morgan fingerprint density at radius 3 is 2.36 bits per heavy atom. The van der Waals surface area contributed by atoms with Gasteiger partial charge < -0.3 is 20.1 Å². The summed E-state index contributed by atoms with van der Waals surface area (Å²) in [7, 11) is 1.22. The molecule has 5 nitrogen and oxygen atoms in total. The average molecular weight is 164 g/mol. The number of hydrogen-bond acceptors (Lipinski definition) is 5. The van der Waals surface area contributed by atoms with Crippen molar-refractivity contribution in [2.45, 2.75) is 12.2 Å². The summed E-state index contributed by atoms with van der Waals surface area (Å²) >= 11 is 0. The summed E-state index contributed by atoms with van der Waals surface area (Å²) in [6.07, 6.45) is -2.40. The van der Waals surface area contributed by atoms with Crippen LogP contribution in [0.1, 0.15) is 0 Å². The lowest BCUT2D eigenvalue weighted by molar-refractivity contribution is -0.140. The third-order valence-electron chi connectivity index (χ3n) is 1.26. The summed E-state index contributed by atoms with van der Waals surface area (Å²) in [6.45, 7) is -1.26. The second-order valence-electron chi connectivity index (χ2n) is 2.03. The van der Waals surface area contributed by atoms with Crippen molar-refractivity contribution in [3.63, 3.8) is 0 Å². The van der Waals surface area contributed by atoms with Crippen molar-refractivity contribution in [3.05, 3.63) is 0 Å². The van der Waals surface area contributed by atoms with Crippen LogP contribution in [0.3, 0.4) is 0 Å². The molecule has 0 aliphatic carbocycles. The Bertz CT molecular complexity index is 124. The molecule has 2 atom stereocenters. The number of aliphatic hydroxyl groups is 3. The quantitative estimate of drug-likeness (QED) is 0.434. The molecule has 0 aromatic rings. The van der Waals surface area contributed by atoms with E-state index in [9.17, 15) is 4.79 Å². The molecule has 0 aliphatic heterocycles. The Hall–Kier alpha value is -0.490. The number of ketones is 1. The fraction of sp³-hybridized carbons (Fsp3) is 0.833. The van der Waals surface area contributed by atoms with Gasteiger partial charge in [0.25, 0.3) is 0 Å². The fourth-order valence-corrected chi connectivity index (χ4v) is 0.689. The lowest BCUT2D eigenvalue weighted by atomic mass is 10.1. The number of Topliss-reactive ketones (excluding diaryl/α,β-unsaturated/α-hetero) is 1. The minimum atomic E-state index is -1.26. The van der Waals surface area contributed by atoms with Gasteiger partial charge in [-0.2, -0.15) is 0 Å². The molecule has 0 unspecified atom stereocenters. The van der Waals surface area contributed by atoms with Crippen molar-refractivity contribution in [1.82, 2.24) is 0 Å². The van der Waals surface area contributed by atoms with E-state index in [1.165, 1.54) is 7.11 Å². The van der Waals surface area contributed by atoms with Crippen molar-refractivity contribution in [1.29, 1.82) is 0 Å². The van der Waals surface area contributed by atoms with Crippen LogP contribution in [0.15, 0.2) is 0 Å². The van der Waals surface area contributed by atoms with Gasteiger partial charge in [0.2, 0.25) is 0 Å². The van der Waals surface area contributed by atoms with Gasteiger partial charge in [-0.05, 0) is 0 Å². The van der Waals surface area contributed by atoms with Crippen LogP contribution >= 0.6 is 0 Å². The molecule has 11 heavy (non-hydrogen) atoms. The van der Waals surface area contributed by atoms with Crippen molar-refractivity contribution in [2.75, 3.05) is 20.3 Å². The predicted molar refractivity (Wildman–Crippen MR) is 36.0 cm³/mol. The van der Waals surface area contributed by atoms with Crippen LogP contribution in [0.5, 0.6) is 0 Å². The van der Waals surface area contributed by atoms with Crippen LogP contribution in [0.2, 0.25) is 0 Å². The number of carbonyl (C=O) groups is 1. The van der Waals surface area contributed by atoms with Gasteiger partial charge in [-0.3, -0.25) is 4.79 Å². The normalized spacial score (nSPS) is 16.0. The third kappa shape index (κ3) is 2.94. The SMILES string of the molecule is CO[C@H](C(=O)CO)[C@@H](O)CO. The highest BCUT2D eigenvalue weighted by atomic mass is 16.5. The number of hydrogen-bond donors (Lipinski definition) is 3. The molecule has 0 rings (SSSR count). The van der Waals surface area contributed by atoms with E-state index < -0.39 is 31.2 Å². The van der Waals surface area contributed by atoms with E-state index in [0.29, 0.717) is 0 Å². The van der Waals surface area contributed by atoms with Crippen LogP contribution in [-0.4, -0.2) is 53.6 Å². The maximum Gasteiger partial charge on any atom is 0.189 e. The number of rotatable bonds is 5. The molecule has 0 fully saturated rings. The van der Waals surface area contributed by atoms with Crippen molar-refractivity contribution < 1.29 is 24.9 Å². The molecule has 0 saturated carbocycles. The minimum Gasteiger partial charge on any atom is -0.394 e. The largest absolute Gasteiger partial charge is 0.394 e. The monoisotopic (exact) mass is 164 g/mol. The minimum absolute atomic E-state index is 0.565. The standard InChI is InChI=1S/C6H12O5/c1-11-6(4(9)2-7)5(10)3-8/h4,6-9H,2-3H2,1H3/t4-,6-/m0/s1. The zero-order valence-electron chi connectivity index (χ0n) is 6.23. The second kappa shape index (κ2) is 5.20. The zero-order chi connectivity index (χ0) is 8.85. The number of ether oxygens (including phenoxy) is 1. The predicted octanol–water partition coefficient (Wildman–Crippen LogP) is -2.08. The van der Waals surface area contributed by atoms with E-state index in [1.54, 1.807) is 0 Å². The summed E-state index contributed by atoms with van der Waals surface area (Å²) < 4.78 is 4.54. The van der Waals surface area contributed by atoms with Crippen LogP contribution < -0.4 is 0 Å². The molecule has 66 valence electrons. The Morgan fingerprint density at radius 2 is 2.09 bits per heavy atom. The van der Waals surface area contributed by atoms with Crippen LogP contribution in [0, 0.1) is 0 Å². The third-order valence-corrected chi connectivity index (χ3v) is 1.26. The van der Waals surface area contributed by atoms with Gasteiger partial charge in [0.15, 0.2) is 5.78 Å². The van der Waals surface area contributed by atoms with Gasteiger partial charge in [0.1, 0.15) is 18.8 Å². The highest BCUT2D eigenvalue weighted by Gasteiger charge is 2.24. The molecule has 0 amide bonds. The number of aliphatic hydroxyl groups excluding tert-OH is 3. The maximum atomic E-state index is 10.7. The Morgan fingerprint density at radius 1 is 1.55 bits per heavy atom. The van der Waals surface area contributed by atoms with Crippen LogP contribution in [0.4, 0.5) is 0 Å². The Balaban J connectivity index is 4.03. The van der Waals surface area contributed by atoms with Gasteiger partial charge in [0.05, 0.1) is 6.61 Å². The highest BCUT2D eigenvalue weighted by Crippen LogP contribution is 1.98. The first-order valence-corrected chi connectivity index (χ1v) is 3.12. The first kappa shape index (κ1) is 10.5.